The number of aliphatic imine (C=N–C) groups is 1. The summed E-state index contributed by atoms with van der Waals surface area (Å²) >= 11 is 8.04. The highest BCUT2D eigenvalue weighted by atomic mass is 79.9. The summed E-state index contributed by atoms with van der Waals surface area (Å²) in [7, 11) is 0. The van der Waals surface area contributed by atoms with Crippen molar-refractivity contribution in [3.05, 3.63) is 55.3 Å². The van der Waals surface area contributed by atoms with Crippen molar-refractivity contribution in [3.63, 3.8) is 0 Å². The smallest absolute Gasteiger partial charge is 0.264 e. The molecule has 0 bridgehead atoms. The summed E-state index contributed by atoms with van der Waals surface area (Å²) < 4.78 is 6.56. The largest absolute Gasteiger partial charge is 0.503 e. The number of ether oxygens (including phenoxy) is 1. The minimum atomic E-state index is -0.222. The lowest BCUT2D eigenvalue weighted by Crippen LogP contribution is -2.19. The predicted octanol–water partition coefficient (Wildman–Crippen LogP) is 5.52. The van der Waals surface area contributed by atoms with E-state index in [0.717, 1.165) is 11.3 Å². The number of phenolic OH excluding ortho intramolecular Hbond substituents is 1. The molecule has 140 valence electrons. The highest BCUT2D eigenvalue weighted by Gasteiger charge is 2.25. The van der Waals surface area contributed by atoms with Crippen LogP contribution in [0.25, 0.3) is 6.08 Å². The molecule has 0 radical (unpaired) electrons. The summed E-state index contributed by atoms with van der Waals surface area (Å²) in [5.74, 6) is 0.132. The standard InChI is InChI=1S/C19H16Br2N2O3S/c1-3-26-13-8-11(15(20)16(21)17(13)24)9-14-18(25)23-19(27-14)22-12-6-4-10(2)5-7-12/h4-9,24H,3H2,1-2H3,(H,22,23,25)/b14-9+. The van der Waals surface area contributed by atoms with Gasteiger partial charge < -0.3 is 15.2 Å². The molecule has 27 heavy (non-hydrogen) atoms. The van der Waals surface area contributed by atoms with Crippen LogP contribution >= 0.6 is 43.6 Å². The van der Waals surface area contributed by atoms with Gasteiger partial charge in [0.2, 0.25) is 0 Å². The average molecular weight is 512 g/mol. The van der Waals surface area contributed by atoms with E-state index in [4.69, 9.17) is 4.74 Å². The number of nitrogens with zero attached hydrogens (tertiary/aromatic N) is 1. The fraction of sp³-hybridized carbons (Fsp3) is 0.158. The van der Waals surface area contributed by atoms with Gasteiger partial charge in [-0.2, -0.15) is 0 Å². The van der Waals surface area contributed by atoms with Crippen LogP contribution in [-0.4, -0.2) is 22.8 Å². The molecular weight excluding hydrogens is 496 g/mol. The maximum atomic E-state index is 12.3. The first-order valence-corrected chi connectivity index (χ1v) is 10.5. The minimum Gasteiger partial charge on any atom is -0.503 e. The molecule has 2 N–H and O–H groups in total. The summed E-state index contributed by atoms with van der Waals surface area (Å²) in [6, 6.07) is 9.43. The van der Waals surface area contributed by atoms with E-state index in [1.54, 1.807) is 12.1 Å². The zero-order valence-corrected chi connectivity index (χ0v) is 18.5. The summed E-state index contributed by atoms with van der Waals surface area (Å²) in [5, 5.41) is 13.4. The van der Waals surface area contributed by atoms with Crippen molar-refractivity contribution >= 4 is 66.5 Å². The van der Waals surface area contributed by atoms with Gasteiger partial charge in [-0.15, -0.1) is 0 Å². The molecule has 1 aliphatic rings. The molecule has 0 unspecified atom stereocenters. The van der Waals surface area contributed by atoms with E-state index in [-0.39, 0.29) is 11.7 Å². The van der Waals surface area contributed by atoms with Gasteiger partial charge in [-0.25, -0.2) is 4.99 Å². The fourth-order valence-electron chi connectivity index (χ4n) is 2.34. The first-order chi connectivity index (χ1) is 12.9. The SMILES string of the molecule is CCOc1cc(/C=C2/SC(=Nc3ccc(C)cc3)NC2=O)c(Br)c(Br)c1O. The Morgan fingerprint density at radius 2 is 1.96 bits per heavy atom. The maximum Gasteiger partial charge on any atom is 0.264 e. The molecule has 1 aliphatic heterocycles. The van der Waals surface area contributed by atoms with Gasteiger partial charge in [-0.05, 0) is 87.3 Å². The van der Waals surface area contributed by atoms with Gasteiger partial charge in [-0.3, -0.25) is 4.79 Å². The molecule has 5 nitrogen and oxygen atoms in total. The van der Waals surface area contributed by atoms with E-state index < -0.39 is 0 Å². The number of amidine groups is 1. The molecule has 3 rings (SSSR count). The van der Waals surface area contributed by atoms with Crippen molar-refractivity contribution in [3.8, 4) is 11.5 Å². The van der Waals surface area contributed by atoms with Crippen molar-refractivity contribution in [2.75, 3.05) is 6.61 Å². The van der Waals surface area contributed by atoms with Gasteiger partial charge in [0.15, 0.2) is 16.7 Å². The Kier molecular flexibility index (Phi) is 6.29. The van der Waals surface area contributed by atoms with E-state index >= 15 is 0 Å². The van der Waals surface area contributed by atoms with Crippen molar-refractivity contribution < 1.29 is 14.6 Å². The highest BCUT2D eigenvalue weighted by molar-refractivity contribution is 9.13. The van der Waals surface area contributed by atoms with Crippen LogP contribution in [0.15, 0.2) is 49.2 Å². The third-order valence-electron chi connectivity index (χ3n) is 3.68. The number of hydrogen-bond donors (Lipinski definition) is 2. The van der Waals surface area contributed by atoms with Crippen LogP contribution in [0.5, 0.6) is 11.5 Å². The third kappa shape index (κ3) is 4.56. The molecular formula is C19H16Br2N2O3S. The fourth-order valence-corrected chi connectivity index (χ4v) is 4.01. The van der Waals surface area contributed by atoms with Crippen LogP contribution in [-0.2, 0) is 4.79 Å². The molecule has 0 aliphatic carbocycles. The van der Waals surface area contributed by atoms with Crippen LogP contribution in [0, 0.1) is 6.92 Å². The second-order valence-electron chi connectivity index (χ2n) is 5.69. The molecule has 2 aromatic carbocycles. The Labute approximate surface area is 178 Å². The number of aromatic hydroxyl groups is 1. The number of halogens is 2. The molecule has 1 heterocycles. The van der Waals surface area contributed by atoms with Gasteiger partial charge >= 0.3 is 0 Å². The number of nitrogens with one attached hydrogen (secondary N) is 1. The van der Waals surface area contributed by atoms with Crippen molar-refractivity contribution in [1.29, 1.82) is 0 Å². The zero-order chi connectivity index (χ0) is 19.6. The lowest BCUT2D eigenvalue weighted by Gasteiger charge is -2.11. The minimum absolute atomic E-state index is 0.0102. The Hall–Kier alpha value is -1.77. The number of carbonyl (C=O) groups is 1. The molecule has 1 saturated heterocycles. The van der Waals surface area contributed by atoms with Crippen LogP contribution < -0.4 is 10.1 Å². The van der Waals surface area contributed by atoms with E-state index in [0.29, 0.717) is 36.9 Å². The Morgan fingerprint density at radius 1 is 1.26 bits per heavy atom. The molecule has 0 saturated carbocycles. The first kappa shape index (κ1) is 20.0. The van der Waals surface area contributed by atoms with E-state index in [9.17, 15) is 9.90 Å². The summed E-state index contributed by atoms with van der Waals surface area (Å²) in [4.78, 5) is 17.3. The first-order valence-electron chi connectivity index (χ1n) is 8.09. The number of rotatable bonds is 4. The number of hydrogen-bond acceptors (Lipinski definition) is 5. The number of phenols is 1. The molecule has 0 atom stereocenters. The van der Waals surface area contributed by atoms with Crippen molar-refractivity contribution in [2.24, 2.45) is 4.99 Å². The number of thioether (sulfide) groups is 1. The van der Waals surface area contributed by atoms with Gasteiger partial charge in [0.25, 0.3) is 5.91 Å². The van der Waals surface area contributed by atoms with Gasteiger partial charge in [0, 0.05) is 4.47 Å². The Balaban J connectivity index is 1.91. The Bertz CT molecular complexity index is 956. The van der Waals surface area contributed by atoms with Crippen LogP contribution in [0.1, 0.15) is 18.1 Å². The van der Waals surface area contributed by atoms with Crippen molar-refractivity contribution in [1.82, 2.24) is 5.32 Å². The molecule has 2 aromatic rings. The second-order valence-corrected chi connectivity index (χ2v) is 8.31. The molecule has 0 spiro atoms. The van der Waals surface area contributed by atoms with Crippen molar-refractivity contribution in [2.45, 2.75) is 13.8 Å². The predicted molar refractivity (Wildman–Crippen MR) is 117 cm³/mol. The zero-order valence-electron chi connectivity index (χ0n) is 14.5. The van der Waals surface area contributed by atoms with Crippen LogP contribution in [0.2, 0.25) is 0 Å². The lowest BCUT2D eigenvalue weighted by molar-refractivity contribution is -0.115. The third-order valence-corrected chi connectivity index (χ3v) is 6.74. The average Bonchev–Trinajstić information content (AvgIpc) is 2.98. The molecule has 0 aromatic heterocycles. The second kappa shape index (κ2) is 8.50. The van der Waals surface area contributed by atoms with Gasteiger partial charge in [0.1, 0.15) is 0 Å². The summed E-state index contributed by atoms with van der Waals surface area (Å²) in [6.45, 7) is 4.26. The van der Waals surface area contributed by atoms with Gasteiger partial charge in [0.05, 0.1) is 21.7 Å². The number of carbonyl (C=O) groups excluding carboxylic acids is 1. The highest BCUT2D eigenvalue weighted by Crippen LogP contribution is 2.43. The van der Waals surface area contributed by atoms with Gasteiger partial charge in [-0.1, -0.05) is 17.7 Å². The summed E-state index contributed by atoms with van der Waals surface area (Å²) in [6.07, 6.45) is 1.73. The number of amides is 1. The van der Waals surface area contributed by atoms with E-state index in [2.05, 4.69) is 42.2 Å². The molecule has 1 amide bonds. The monoisotopic (exact) mass is 510 g/mol. The van der Waals surface area contributed by atoms with E-state index in [1.807, 2.05) is 38.1 Å². The number of benzene rings is 2. The number of aryl methyl sites for hydroxylation is 1. The van der Waals surface area contributed by atoms with Crippen LogP contribution in [0.4, 0.5) is 5.69 Å². The maximum absolute atomic E-state index is 12.3. The Morgan fingerprint density at radius 3 is 2.63 bits per heavy atom. The normalized spacial score (nSPS) is 16.8. The topological polar surface area (TPSA) is 70.9 Å². The van der Waals surface area contributed by atoms with E-state index in [1.165, 1.54) is 11.8 Å². The summed E-state index contributed by atoms with van der Waals surface area (Å²) in [5.41, 5.74) is 2.63. The van der Waals surface area contributed by atoms with Crippen LogP contribution in [0.3, 0.4) is 0 Å². The lowest BCUT2D eigenvalue weighted by atomic mass is 10.2. The quantitative estimate of drug-likeness (QED) is 0.530. The molecule has 8 heteroatoms. The molecule has 1 fully saturated rings.